The molecule has 1 aliphatic heterocycles. The number of rotatable bonds is 3. The molecule has 0 atom stereocenters. The van der Waals surface area contributed by atoms with Crippen LogP contribution in [0.3, 0.4) is 0 Å². The number of hydrogen-bond donors (Lipinski definition) is 2. The first-order valence-electron chi connectivity index (χ1n) is 9.64. The Morgan fingerprint density at radius 1 is 0.839 bits per heavy atom. The van der Waals surface area contributed by atoms with Gasteiger partial charge in [0, 0.05) is 22.4 Å². The highest BCUT2D eigenvalue weighted by Gasteiger charge is 2.27. The van der Waals surface area contributed by atoms with E-state index in [4.69, 9.17) is 0 Å². The number of amidine groups is 1. The average molecular weight is 406 g/mol. The summed E-state index contributed by atoms with van der Waals surface area (Å²) in [5.74, 6) is -0.577. The van der Waals surface area contributed by atoms with Gasteiger partial charge in [0.15, 0.2) is 0 Å². The molecule has 0 aromatic heterocycles. The minimum Gasteiger partial charge on any atom is -0.321 e. The molecule has 4 rings (SSSR count). The Morgan fingerprint density at radius 3 is 2.16 bits per heavy atom. The molecule has 3 aromatic carbocycles. The van der Waals surface area contributed by atoms with Crippen molar-refractivity contribution in [1.82, 2.24) is 5.32 Å². The maximum absolute atomic E-state index is 12.8. The number of benzene rings is 3. The number of fused-ring (bicyclic) bond motifs is 1. The van der Waals surface area contributed by atoms with Crippen molar-refractivity contribution in [2.75, 3.05) is 5.32 Å². The second-order valence-electron chi connectivity index (χ2n) is 6.98. The topological polar surface area (TPSA) is 94.3 Å². The van der Waals surface area contributed by atoms with Crippen LogP contribution >= 0.6 is 0 Å². The van der Waals surface area contributed by atoms with Crippen LogP contribution in [0, 0.1) is 18.3 Å². The monoisotopic (exact) mass is 406 g/mol. The van der Waals surface area contributed by atoms with E-state index in [1.165, 1.54) is 0 Å². The van der Waals surface area contributed by atoms with Crippen molar-refractivity contribution < 1.29 is 9.59 Å². The van der Waals surface area contributed by atoms with Crippen LogP contribution in [0.5, 0.6) is 0 Å². The molecule has 2 N–H and O–H groups in total. The van der Waals surface area contributed by atoms with Crippen molar-refractivity contribution in [3.63, 3.8) is 0 Å². The molecule has 0 aliphatic carbocycles. The molecule has 1 aliphatic rings. The van der Waals surface area contributed by atoms with E-state index < -0.39 is 5.91 Å². The van der Waals surface area contributed by atoms with Crippen LogP contribution in [-0.2, 0) is 4.79 Å². The third-order valence-electron chi connectivity index (χ3n) is 4.81. The summed E-state index contributed by atoms with van der Waals surface area (Å²) in [5.41, 5.74) is 3.48. The van der Waals surface area contributed by atoms with Gasteiger partial charge in [-0.05, 0) is 31.2 Å². The zero-order valence-corrected chi connectivity index (χ0v) is 16.7. The van der Waals surface area contributed by atoms with E-state index in [9.17, 15) is 14.9 Å². The number of nitrogens with zero attached hydrogens (tertiary/aromatic N) is 2. The second-order valence-corrected chi connectivity index (χ2v) is 6.98. The summed E-state index contributed by atoms with van der Waals surface area (Å²) in [7, 11) is 0. The highest BCUT2D eigenvalue weighted by Crippen LogP contribution is 2.31. The molecule has 0 unspecified atom stereocenters. The number of aliphatic imine (C=N–C) groups is 1. The van der Waals surface area contributed by atoms with Crippen LogP contribution in [0.15, 0.2) is 89.4 Å². The van der Waals surface area contributed by atoms with Gasteiger partial charge in [0.1, 0.15) is 17.5 Å². The van der Waals surface area contributed by atoms with Gasteiger partial charge in [-0.2, -0.15) is 5.26 Å². The first kappa shape index (κ1) is 19.8. The van der Waals surface area contributed by atoms with Gasteiger partial charge >= 0.3 is 0 Å². The molecule has 6 heteroatoms. The predicted octanol–water partition coefficient (Wildman–Crippen LogP) is 4.06. The molecule has 0 saturated heterocycles. The highest BCUT2D eigenvalue weighted by molar-refractivity contribution is 6.21. The smallest absolute Gasteiger partial charge is 0.268 e. The number of nitrogens with one attached hydrogen (secondary N) is 2. The van der Waals surface area contributed by atoms with Crippen molar-refractivity contribution in [1.29, 1.82) is 5.26 Å². The molecule has 1 heterocycles. The van der Waals surface area contributed by atoms with Crippen molar-refractivity contribution >= 4 is 29.0 Å². The maximum atomic E-state index is 12.8. The van der Waals surface area contributed by atoms with Crippen LogP contribution in [0.25, 0.3) is 5.70 Å². The lowest BCUT2D eigenvalue weighted by Crippen LogP contribution is -2.30. The number of carbonyl (C=O) groups is 2. The minimum atomic E-state index is -0.562. The van der Waals surface area contributed by atoms with Crippen LogP contribution in [-0.4, -0.2) is 17.6 Å². The molecule has 0 fully saturated rings. The third kappa shape index (κ3) is 4.11. The lowest BCUT2D eigenvalue weighted by atomic mass is 10.0. The van der Waals surface area contributed by atoms with Gasteiger partial charge in [0.25, 0.3) is 11.8 Å². The summed E-state index contributed by atoms with van der Waals surface area (Å²) in [6.07, 6.45) is 0. The van der Waals surface area contributed by atoms with Gasteiger partial charge in [0.2, 0.25) is 0 Å². The number of anilines is 1. The van der Waals surface area contributed by atoms with Gasteiger partial charge in [-0.25, -0.2) is 4.99 Å². The largest absolute Gasteiger partial charge is 0.321 e. The van der Waals surface area contributed by atoms with Gasteiger partial charge in [-0.3, -0.25) is 9.59 Å². The van der Waals surface area contributed by atoms with E-state index in [1.54, 1.807) is 54.6 Å². The van der Waals surface area contributed by atoms with Crippen molar-refractivity contribution in [3.05, 3.63) is 107 Å². The Balaban J connectivity index is 1.69. The fourth-order valence-corrected chi connectivity index (χ4v) is 3.23. The fraction of sp³-hybridized carbons (Fsp3) is 0.0400. The van der Waals surface area contributed by atoms with Crippen LogP contribution in [0.1, 0.15) is 27.0 Å². The second kappa shape index (κ2) is 8.47. The summed E-state index contributed by atoms with van der Waals surface area (Å²) in [4.78, 5) is 29.9. The average Bonchev–Trinajstić information content (AvgIpc) is 3.13. The molecule has 0 saturated carbocycles. The molecule has 31 heavy (non-hydrogen) atoms. The molecule has 0 bridgehead atoms. The van der Waals surface area contributed by atoms with Gasteiger partial charge in [-0.15, -0.1) is 0 Å². The Hall–Kier alpha value is -4.50. The number of nitriles is 1. The SMILES string of the molecule is Cc1ccc(C(=O)NC2=NC(=C(C#N)C(=O)Nc3ccccc3)c3ccccc32)cc1. The summed E-state index contributed by atoms with van der Waals surface area (Å²) in [5, 5.41) is 15.2. The summed E-state index contributed by atoms with van der Waals surface area (Å²) >= 11 is 0. The Labute approximate surface area is 179 Å². The molecule has 3 aromatic rings. The predicted molar refractivity (Wildman–Crippen MR) is 119 cm³/mol. The first-order valence-corrected chi connectivity index (χ1v) is 9.64. The van der Waals surface area contributed by atoms with Gasteiger partial charge in [-0.1, -0.05) is 60.2 Å². The first-order chi connectivity index (χ1) is 15.1. The van der Waals surface area contributed by atoms with E-state index in [0.717, 1.165) is 5.56 Å². The number of aryl methyl sites for hydroxylation is 1. The van der Waals surface area contributed by atoms with E-state index in [2.05, 4.69) is 15.6 Å². The molecule has 0 spiro atoms. The minimum absolute atomic E-state index is 0.129. The zero-order chi connectivity index (χ0) is 21.8. The van der Waals surface area contributed by atoms with Gasteiger partial charge in [0.05, 0.1) is 5.70 Å². The summed E-state index contributed by atoms with van der Waals surface area (Å²) in [6.45, 7) is 1.94. The van der Waals surface area contributed by atoms with Crippen molar-refractivity contribution in [2.24, 2.45) is 4.99 Å². The Morgan fingerprint density at radius 2 is 1.48 bits per heavy atom. The fourth-order valence-electron chi connectivity index (χ4n) is 3.23. The third-order valence-corrected chi connectivity index (χ3v) is 4.81. The molecule has 0 radical (unpaired) electrons. The van der Waals surface area contributed by atoms with Crippen LogP contribution in [0.2, 0.25) is 0 Å². The summed E-state index contributed by atoms with van der Waals surface area (Å²) < 4.78 is 0. The van der Waals surface area contributed by atoms with E-state index in [-0.39, 0.29) is 17.2 Å². The van der Waals surface area contributed by atoms with Crippen LogP contribution < -0.4 is 10.6 Å². The molecule has 2 amide bonds. The molecule has 6 nitrogen and oxygen atoms in total. The number of carbonyl (C=O) groups excluding carboxylic acids is 2. The summed E-state index contributed by atoms with van der Waals surface area (Å²) in [6, 6.07) is 25.2. The van der Waals surface area contributed by atoms with Crippen molar-refractivity contribution in [3.8, 4) is 6.07 Å². The Kier molecular flexibility index (Phi) is 5.41. The number of amides is 2. The van der Waals surface area contributed by atoms with E-state index >= 15 is 0 Å². The quantitative estimate of drug-likeness (QED) is 0.507. The number of para-hydroxylation sites is 1. The number of hydrogen-bond acceptors (Lipinski definition) is 4. The zero-order valence-electron chi connectivity index (χ0n) is 16.7. The van der Waals surface area contributed by atoms with Crippen molar-refractivity contribution in [2.45, 2.75) is 6.92 Å². The normalized spacial score (nSPS) is 13.5. The van der Waals surface area contributed by atoms with Gasteiger partial charge < -0.3 is 10.6 Å². The van der Waals surface area contributed by atoms with E-state index in [1.807, 2.05) is 37.3 Å². The lowest BCUT2D eigenvalue weighted by molar-refractivity contribution is -0.112. The molecule has 150 valence electrons. The molecular formula is C25H18N4O2. The highest BCUT2D eigenvalue weighted by atomic mass is 16.2. The standard InChI is InChI=1S/C25H18N4O2/c1-16-11-13-17(14-12-16)24(30)29-23-20-10-6-5-9-19(20)22(28-23)21(15-26)25(31)27-18-7-3-2-4-8-18/h2-14H,1H3,(H,27,31)(H,28,29,30). The molecular weight excluding hydrogens is 388 g/mol. The van der Waals surface area contributed by atoms with Crippen LogP contribution in [0.4, 0.5) is 5.69 Å². The lowest BCUT2D eigenvalue weighted by Gasteiger charge is -2.06. The Bertz CT molecular complexity index is 1270. The maximum Gasteiger partial charge on any atom is 0.268 e. The van der Waals surface area contributed by atoms with E-state index in [0.29, 0.717) is 28.2 Å².